The Morgan fingerprint density at radius 3 is 2.76 bits per heavy atom. The molecule has 1 aromatic heterocycles. The van der Waals surface area contributed by atoms with E-state index >= 15 is 0 Å². The van der Waals surface area contributed by atoms with E-state index in [1.807, 2.05) is 24.3 Å². The number of methoxy groups -OCH3 is 2. The van der Waals surface area contributed by atoms with Gasteiger partial charge in [-0.2, -0.15) is 5.10 Å². The van der Waals surface area contributed by atoms with Crippen LogP contribution in [0, 0.1) is 0 Å². The van der Waals surface area contributed by atoms with Gasteiger partial charge in [0.15, 0.2) is 17.3 Å². The highest BCUT2D eigenvalue weighted by Crippen LogP contribution is 2.35. The van der Waals surface area contributed by atoms with Crippen LogP contribution in [0.3, 0.4) is 0 Å². The van der Waals surface area contributed by atoms with Crippen molar-refractivity contribution < 1.29 is 14.2 Å². The molecule has 0 atom stereocenters. The van der Waals surface area contributed by atoms with E-state index in [9.17, 15) is 0 Å². The van der Waals surface area contributed by atoms with Gasteiger partial charge in [0.25, 0.3) is 0 Å². The van der Waals surface area contributed by atoms with Crippen molar-refractivity contribution in [3.63, 3.8) is 0 Å². The summed E-state index contributed by atoms with van der Waals surface area (Å²) < 4.78 is 16.4. The van der Waals surface area contributed by atoms with Crippen molar-refractivity contribution in [3.05, 3.63) is 42.1 Å². The summed E-state index contributed by atoms with van der Waals surface area (Å²) in [7, 11) is 3.24. The Morgan fingerprint density at radius 1 is 1.08 bits per heavy atom. The van der Waals surface area contributed by atoms with E-state index in [1.54, 1.807) is 20.4 Å². The molecule has 0 bridgehead atoms. The summed E-state index contributed by atoms with van der Waals surface area (Å²) in [5.41, 5.74) is 2.17. The molecule has 6 nitrogen and oxygen atoms in total. The number of hydrogen-bond donors (Lipinski definition) is 1. The molecule has 1 N–H and O–H groups in total. The van der Waals surface area contributed by atoms with Crippen molar-refractivity contribution in [2.75, 3.05) is 26.1 Å². The fourth-order valence-electron chi connectivity index (χ4n) is 3.08. The zero-order chi connectivity index (χ0) is 17.2. The van der Waals surface area contributed by atoms with Crippen molar-refractivity contribution in [1.29, 1.82) is 0 Å². The highest BCUT2D eigenvalue weighted by atomic mass is 16.5. The normalized spacial score (nSPS) is 13.0. The highest BCUT2D eigenvalue weighted by molar-refractivity contribution is 5.95. The average Bonchev–Trinajstić information content (AvgIpc) is 2.67. The Morgan fingerprint density at radius 2 is 1.92 bits per heavy atom. The monoisotopic (exact) mass is 337 g/mol. The third-order valence-corrected chi connectivity index (χ3v) is 4.34. The number of anilines is 2. The Labute approximate surface area is 145 Å². The third-order valence-electron chi connectivity index (χ3n) is 4.34. The van der Waals surface area contributed by atoms with Gasteiger partial charge in [0.1, 0.15) is 5.75 Å². The first-order valence-electron chi connectivity index (χ1n) is 8.18. The van der Waals surface area contributed by atoms with Gasteiger partial charge < -0.3 is 19.5 Å². The molecule has 128 valence electrons. The Bertz CT molecular complexity index is 927. The second-order valence-corrected chi connectivity index (χ2v) is 5.89. The van der Waals surface area contributed by atoms with Crippen molar-refractivity contribution >= 4 is 22.3 Å². The van der Waals surface area contributed by atoms with Gasteiger partial charge in [-0.05, 0) is 48.7 Å². The van der Waals surface area contributed by atoms with Gasteiger partial charge in [-0.25, -0.2) is 0 Å². The molecule has 0 unspecified atom stereocenters. The van der Waals surface area contributed by atoms with Crippen molar-refractivity contribution in [2.24, 2.45) is 0 Å². The molecule has 6 heteroatoms. The lowest BCUT2D eigenvalue weighted by Crippen LogP contribution is -2.08. The first-order valence-corrected chi connectivity index (χ1v) is 8.18. The van der Waals surface area contributed by atoms with Crippen LogP contribution in [0.1, 0.15) is 12.0 Å². The van der Waals surface area contributed by atoms with Crippen LogP contribution in [0.5, 0.6) is 17.2 Å². The molecular formula is C19H19N3O3. The highest BCUT2D eigenvalue weighted by Gasteiger charge is 2.13. The third kappa shape index (κ3) is 2.91. The van der Waals surface area contributed by atoms with Gasteiger partial charge in [0, 0.05) is 16.5 Å². The molecule has 0 spiro atoms. The molecule has 0 amide bonds. The fraction of sp³-hybridized carbons (Fsp3) is 0.263. The average molecular weight is 337 g/mol. The number of benzene rings is 2. The Balaban J connectivity index is 1.74. The van der Waals surface area contributed by atoms with E-state index in [4.69, 9.17) is 14.2 Å². The summed E-state index contributed by atoms with van der Waals surface area (Å²) in [6.07, 6.45) is 3.78. The van der Waals surface area contributed by atoms with Gasteiger partial charge in [-0.1, -0.05) is 0 Å². The van der Waals surface area contributed by atoms with Gasteiger partial charge in [0.05, 0.1) is 27.0 Å². The number of aromatic nitrogens is 2. The smallest absolute Gasteiger partial charge is 0.161 e. The fourth-order valence-corrected chi connectivity index (χ4v) is 3.08. The molecule has 3 aromatic rings. The van der Waals surface area contributed by atoms with E-state index in [0.717, 1.165) is 41.7 Å². The van der Waals surface area contributed by atoms with E-state index < -0.39 is 0 Å². The van der Waals surface area contributed by atoms with Crippen molar-refractivity contribution in [1.82, 2.24) is 10.2 Å². The quantitative estimate of drug-likeness (QED) is 0.783. The minimum Gasteiger partial charge on any atom is -0.493 e. The molecule has 0 saturated heterocycles. The van der Waals surface area contributed by atoms with Crippen molar-refractivity contribution in [3.8, 4) is 17.2 Å². The lowest BCUT2D eigenvalue weighted by molar-refractivity contribution is 0.288. The van der Waals surface area contributed by atoms with Gasteiger partial charge >= 0.3 is 0 Å². The van der Waals surface area contributed by atoms with Crippen LogP contribution in [0.2, 0.25) is 0 Å². The van der Waals surface area contributed by atoms with Gasteiger partial charge in [0.2, 0.25) is 0 Å². The van der Waals surface area contributed by atoms with Gasteiger partial charge in [-0.15, -0.1) is 5.10 Å². The summed E-state index contributed by atoms with van der Waals surface area (Å²) in [6.45, 7) is 0.788. The zero-order valence-electron chi connectivity index (χ0n) is 14.2. The van der Waals surface area contributed by atoms with E-state index in [0.29, 0.717) is 17.3 Å². The number of rotatable bonds is 4. The first kappa shape index (κ1) is 15.5. The van der Waals surface area contributed by atoms with Crippen LogP contribution in [0.25, 0.3) is 10.8 Å². The summed E-state index contributed by atoms with van der Waals surface area (Å²) >= 11 is 0. The molecule has 0 saturated carbocycles. The minimum absolute atomic E-state index is 0.657. The molecule has 0 aliphatic carbocycles. The maximum atomic E-state index is 5.67. The molecule has 25 heavy (non-hydrogen) atoms. The number of nitrogens with one attached hydrogen (secondary N) is 1. The van der Waals surface area contributed by atoms with E-state index in [2.05, 4.69) is 21.6 Å². The second-order valence-electron chi connectivity index (χ2n) is 5.89. The maximum absolute atomic E-state index is 5.67. The van der Waals surface area contributed by atoms with Crippen LogP contribution >= 0.6 is 0 Å². The number of ether oxygens (including phenoxy) is 3. The Hall–Kier alpha value is -3.02. The second kappa shape index (κ2) is 6.47. The lowest BCUT2D eigenvalue weighted by atomic mass is 10.1. The van der Waals surface area contributed by atoms with Crippen molar-refractivity contribution in [2.45, 2.75) is 12.8 Å². The molecular weight excluding hydrogens is 318 g/mol. The number of nitrogens with zero attached hydrogens (tertiary/aromatic N) is 2. The SMILES string of the molecule is COc1cc2cnnc(Nc3ccc4c(c3)CCCO4)c2cc1OC. The lowest BCUT2D eigenvalue weighted by Gasteiger charge is -2.18. The van der Waals surface area contributed by atoms with Crippen LogP contribution in [0.4, 0.5) is 11.5 Å². The summed E-state index contributed by atoms with van der Waals surface area (Å²) in [5, 5.41) is 13.6. The molecule has 4 rings (SSSR count). The molecule has 2 heterocycles. The van der Waals surface area contributed by atoms with Crippen LogP contribution < -0.4 is 19.5 Å². The van der Waals surface area contributed by atoms with Crippen LogP contribution in [-0.2, 0) is 6.42 Å². The maximum Gasteiger partial charge on any atom is 0.161 e. The van der Waals surface area contributed by atoms with E-state index in [1.165, 1.54) is 5.56 Å². The standard InChI is InChI=1S/C19H19N3O3/c1-23-17-9-13-11-20-22-19(15(13)10-18(17)24-2)21-14-5-6-16-12(8-14)4-3-7-25-16/h5-6,8-11H,3-4,7H2,1-2H3,(H,21,22). The number of aryl methyl sites for hydroxylation is 1. The predicted octanol–water partition coefficient (Wildman–Crippen LogP) is 3.72. The molecule has 0 radical (unpaired) electrons. The molecule has 2 aromatic carbocycles. The summed E-state index contributed by atoms with van der Waals surface area (Å²) in [6, 6.07) is 9.90. The number of hydrogen-bond acceptors (Lipinski definition) is 6. The largest absolute Gasteiger partial charge is 0.493 e. The number of fused-ring (bicyclic) bond motifs is 2. The van der Waals surface area contributed by atoms with Crippen LogP contribution in [-0.4, -0.2) is 31.0 Å². The van der Waals surface area contributed by atoms with Crippen LogP contribution in [0.15, 0.2) is 36.5 Å². The first-order chi connectivity index (χ1) is 12.3. The summed E-state index contributed by atoms with van der Waals surface area (Å²) in [4.78, 5) is 0. The van der Waals surface area contributed by atoms with Gasteiger partial charge in [-0.3, -0.25) is 0 Å². The zero-order valence-corrected chi connectivity index (χ0v) is 14.2. The molecule has 1 aliphatic heterocycles. The molecule has 1 aliphatic rings. The Kier molecular flexibility index (Phi) is 4.01. The predicted molar refractivity (Wildman–Crippen MR) is 96.2 cm³/mol. The summed E-state index contributed by atoms with van der Waals surface area (Å²) in [5.74, 6) is 2.96. The van der Waals surface area contributed by atoms with E-state index in [-0.39, 0.29) is 0 Å². The minimum atomic E-state index is 0.657. The molecule has 0 fully saturated rings. The topological polar surface area (TPSA) is 65.5 Å².